The van der Waals surface area contributed by atoms with Gasteiger partial charge in [-0.05, 0) is 61.4 Å². The predicted molar refractivity (Wildman–Crippen MR) is 108 cm³/mol. The molecule has 0 aromatic heterocycles. The number of aryl methyl sites for hydroxylation is 2. The fourth-order valence-corrected chi connectivity index (χ4v) is 3.21. The van der Waals surface area contributed by atoms with E-state index in [-0.39, 0.29) is 22.4 Å². The van der Waals surface area contributed by atoms with Crippen molar-refractivity contribution in [1.29, 1.82) is 0 Å². The van der Waals surface area contributed by atoms with Gasteiger partial charge < -0.3 is 9.90 Å². The molecule has 0 saturated carbocycles. The molecule has 0 saturated heterocycles. The van der Waals surface area contributed by atoms with Gasteiger partial charge in [0.25, 0.3) is 11.8 Å². The predicted octanol–water partition coefficient (Wildman–Crippen LogP) is 3.88. The number of nitrogens with zero attached hydrogens (tertiary/aromatic N) is 3. The van der Waals surface area contributed by atoms with Gasteiger partial charge >= 0.3 is 0 Å². The lowest BCUT2D eigenvalue weighted by Gasteiger charge is -2.16. The molecule has 30 heavy (non-hydrogen) atoms. The summed E-state index contributed by atoms with van der Waals surface area (Å²) in [5, 5.41) is 19.6. The summed E-state index contributed by atoms with van der Waals surface area (Å²) in [5.41, 5.74) is 3.21. The maximum atomic E-state index is 13.0. The van der Waals surface area contributed by atoms with E-state index in [2.05, 4.69) is 10.2 Å². The minimum atomic E-state index is -1.42. The topological polar surface area (TPSA) is 102 Å². The van der Waals surface area contributed by atoms with Crippen molar-refractivity contribution >= 4 is 34.8 Å². The Morgan fingerprint density at radius 1 is 0.800 bits per heavy atom. The molecule has 148 valence electrons. The number of hydrogen-bond acceptors (Lipinski definition) is 6. The Morgan fingerprint density at radius 2 is 1.47 bits per heavy atom. The third-order valence-electron chi connectivity index (χ3n) is 4.80. The number of carboxylic acids is 1. The standard InChI is InChI=1S/C23H17N3O4/c1-13-3-7-16(8-4-13)24-25-19-11-14(2)5-10-20(19)26-21(27)17-9-6-15(23(29)30)12-18(17)22(26)28/h3-12H,1-2H3,(H,29,30)/p-1. The highest BCUT2D eigenvalue weighted by molar-refractivity contribution is 6.35. The lowest BCUT2D eigenvalue weighted by atomic mass is 10.1. The number of amides is 2. The molecule has 1 aliphatic heterocycles. The second kappa shape index (κ2) is 7.36. The molecule has 0 spiro atoms. The number of hydrogen-bond donors (Lipinski definition) is 0. The van der Waals surface area contributed by atoms with Gasteiger partial charge in [-0.2, -0.15) is 5.11 Å². The fraction of sp³-hybridized carbons (Fsp3) is 0.0870. The Labute approximate surface area is 172 Å². The van der Waals surface area contributed by atoms with E-state index in [0.29, 0.717) is 11.4 Å². The number of carbonyl (C=O) groups excluding carboxylic acids is 3. The van der Waals surface area contributed by atoms with Crippen LogP contribution in [0.25, 0.3) is 0 Å². The van der Waals surface area contributed by atoms with E-state index >= 15 is 0 Å². The first kappa shape index (κ1) is 19.2. The zero-order valence-corrected chi connectivity index (χ0v) is 16.2. The summed E-state index contributed by atoms with van der Waals surface area (Å²) in [6.07, 6.45) is 0. The second-order valence-corrected chi connectivity index (χ2v) is 7.02. The molecule has 7 heteroatoms. The molecular weight excluding hydrogens is 382 g/mol. The molecule has 0 aliphatic carbocycles. The third-order valence-corrected chi connectivity index (χ3v) is 4.80. The van der Waals surface area contributed by atoms with Crippen molar-refractivity contribution in [3.05, 3.63) is 88.5 Å². The Morgan fingerprint density at radius 3 is 2.17 bits per heavy atom. The number of benzene rings is 3. The highest BCUT2D eigenvalue weighted by Gasteiger charge is 2.38. The van der Waals surface area contributed by atoms with Crippen molar-refractivity contribution in [3.63, 3.8) is 0 Å². The summed E-state index contributed by atoms with van der Waals surface area (Å²) in [4.78, 5) is 38.0. The van der Waals surface area contributed by atoms with E-state index in [1.165, 1.54) is 12.1 Å². The van der Waals surface area contributed by atoms with Crippen molar-refractivity contribution in [2.45, 2.75) is 13.8 Å². The van der Waals surface area contributed by atoms with E-state index in [1.807, 2.05) is 38.1 Å². The highest BCUT2D eigenvalue weighted by atomic mass is 16.4. The van der Waals surface area contributed by atoms with Crippen LogP contribution in [0.3, 0.4) is 0 Å². The van der Waals surface area contributed by atoms with Crippen molar-refractivity contribution < 1.29 is 19.5 Å². The van der Waals surface area contributed by atoms with Gasteiger partial charge in [-0.3, -0.25) is 9.59 Å². The molecule has 0 fully saturated rings. The molecule has 0 unspecified atom stereocenters. The van der Waals surface area contributed by atoms with Crippen molar-refractivity contribution in [2.24, 2.45) is 10.2 Å². The van der Waals surface area contributed by atoms with Gasteiger partial charge in [0.1, 0.15) is 5.69 Å². The van der Waals surface area contributed by atoms with Crippen LogP contribution < -0.4 is 10.0 Å². The minimum absolute atomic E-state index is 0.0173. The molecule has 3 aromatic rings. The zero-order chi connectivity index (χ0) is 21.4. The molecule has 4 rings (SSSR count). The van der Waals surface area contributed by atoms with Gasteiger partial charge in [-0.25, -0.2) is 4.90 Å². The molecule has 1 heterocycles. The lowest BCUT2D eigenvalue weighted by Crippen LogP contribution is -2.29. The molecule has 2 amide bonds. The molecule has 0 radical (unpaired) electrons. The molecule has 3 aromatic carbocycles. The van der Waals surface area contributed by atoms with Crippen LogP contribution in [0.15, 0.2) is 70.9 Å². The van der Waals surface area contributed by atoms with Gasteiger partial charge in [0, 0.05) is 0 Å². The number of carbonyl (C=O) groups is 3. The lowest BCUT2D eigenvalue weighted by molar-refractivity contribution is -0.255. The van der Waals surface area contributed by atoms with E-state index < -0.39 is 17.8 Å². The van der Waals surface area contributed by atoms with Gasteiger partial charge in [-0.1, -0.05) is 29.8 Å². The Kier molecular flexibility index (Phi) is 4.71. The van der Waals surface area contributed by atoms with E-state index in [0.717, 1.165) is 22.1 Å². The molecule has 7 nitrogen and oxygen atoms in total. The van der Waals surface area contributed by atoms with Crippen LogP contribution in [-0.4, -0.2) is 17.8 Å². The van der Waals surface area contributed by atoms with E-state index in [9.17, 15) is 19.5 Å². The average molecular weight is 398 g/mol. The maximum Gasteiger partial charge on any atom is 0.266 e. The van der Waals surface area contributed by atoms with Gasteiger partial charge in [-0.15, -0.1) is 5.11 Å². The Bertz CT molecular complexity index is 1230. The first-order valence-corrected chi connectivity index (χ1v) is 9.18. The van der Waals surface area contributed by atoms with E-state index in [1.54, 1.807) is 18.2 Å². The summed E-state index contributed by atoms with van der Waals surface area (Å²) >= 11 is 0. The molecule has 0 N–H and O–H groups in total. The van der Waals surface area contributed by atoms with Crippen LogP contribution in [0, 0.1) is 13.8 Å². The van der Waals surface area contributed by atoms with Gasteiger partial charge in [0.05, 0.1) is 28.5 Å². The molecule has 0 bridgehead atoms. The third kappa shape index (κ3) is 3.37. The summed E-state index contributed by atoms with van der Waals surface area (Å²) in [7, 11) is 0. The number of imide groups is 1. The number of anilines is 1. The number of azo groups is 1. The minimum Gasteiger partial charge on any atom is -0.545 e. The largest absolute Gasteiger partial charge is 0.545 e. The summed E-state index contributed by atoms with van der Waals surface area (Å²) in [5.74, 6) is -2.58. The molecule has 1 aliphatic rings. The van der Waals surface area contributed by atoms with Gasteiger partial charge in [0.2, 0.25) is 0 Å². The molecular formula is C23H16N3O4-. The number of fused-ring (bicyclic) bond motifs is 1. The van der Waals surface area contributed by atoms with Crippen molar-refractivity contribution in [1.82, 2.24) is 0 Å². The quantitative estimate of drug-likeness (QED) is 0.491. The van der Waals surface area contributed by atoms with Crippen LogP contribution in [0.4, 0.5) is 17.1 Å². The summed E-state index contributed by atoms with van der Waals surface area (Å²) in [6.45, 7) is 3.83. The first-order valence-electron chi connectivity index (χ1n) is 9.18. The Hall–Kier alpha value is -4.13. The van der Waals surface area contributed by atoms with Crippen molar-refractivity contribution in [2.75, 3.05) is 4.90 Å². The Balaban J connectivity index is 1.75. The number of aromatic carboxylic acids is 1. The number of carboxylic acid groups (broad SMARTS) is 1. The summed E-state index contributed by atoms with van der Waals surface area (Å²) in [6, 6.07) is 16.3. The van der Waals surface area contributed by atoms with Crippen LogP contribution in [-0.2, 0) is 0 Å². The SMILES string of the molecule is Cc1ccc(N=Nc2cc(C)ccc2N2C(=O)c3ccc(C(=O)[O-])cc3C2=O)cc1. The average Bonchev–Trinajstić information content (AvgIpc) is 2.98. The zero-order valence-electron chi connectivity index (χ0n) is 16.2. The fourth-order valence-electron chi connectivity index (χ4n) is 3.21. The molecule has 0 atom stereocenters. The normalized spacial score (nSPS) is 13.2. The highest BCUT2D eigenvalue weighted by Crippen LogP contribution is 2.36. The smallest absolute Gasteiger partial charge is 0.266 e. The monoisotopic (exact) mass is 398 g/mol. The van der Waals surface area contributed by atoms with E-state index in [4.69, 9.17) is 0 Å². The van der Waals surface area contributed by atoms with Gasteiger partial charge in [0.15, 0.2) is 0 Å². The van der Waals surface area contributed by atoms with Crippen molar-refractivity contribution in [3.8, 4) is 0 Å². The van der Waals surface area contributed by atoms with Crippen LogP contribution in [0.1, 0.15) is 42.2 Å². The summed E-state index contributed by atoms with van der Waals surface area (Å²) < 4.78 is 0. The number of rotatable bonds is 4. The van der Waals surface area contributed by atoms with Crippen LogP contribution in [0.2, 0.25) is 0 Å². The van der Waals surface area contributed by atoms with Crippen LogP contribution in [0.5, 0.6) is 0 Å². The second-order valence-electron chi connectivity index (χ2n) is 7.02. The first-order chi connectivity index (χ1) is 14.3. The van der Waals surface area contributed by atoms with Crippen LogP contribution >= 0.6 is 0 Å². The maximum absolute atomic E-state index is 13.0.